The van der Waals surface area contributed by atoms with Gasteiger partial charge in [0.2, 0.25) is 0 Å². The Kier molecular flexibility index (Phi) is 3.12. The van der Waals surface area contributed by atoms with Crippen LogP contribution in [-0.2, 0) is 21.4 Å². The summed E-state index contributed by atoms with van der Waals surface area (Å²) in [5.41, 5.74) is 0.602. The first kappa shape index (κ1) is 13.0. The van der Waals surface area contributed by atoms with Crippen molar-refractivity contribution in [3.8, 4) is 0 Å². The molecule has 6 nitrogen and oxygen atoms in total. The molecule has 1 saturated carbocycles. The standard InChI is InChI=1S/C11H14N2O4S2/c14-11(15)10-8-4-6-18-9(8)3-5-13(10)19(16,17)12-7-1-2-7/h4,6-7,10,12H,1-3,5H2,(H,14,15). The quantitative estimate of drug-likeness (QED) is 0.858. The zero-order valence-corrected chi connectivity index (χ0v) is 11.7. The maximum absolute atomic E-state index is 12.2. The molecule has 1 unspecified atom stereocenters. The van der Waals surface area contributed by atoms with Crippen LogP contribution in [-0.4, -0.2) is 36.4 Å². The van der Waals surface area contributed by atoms with E-state index in [2.05, 4.69) is 4.72 Å². The Morgan fingerprint density at radius 3 is 2.84 bits per heavy atom. The van der Waals surface area contributed by atoms with Crippen molar-refractivity contribution in [1.82, 2.24) is 9.03 Å². The van der Waals surface area contributed by atoms with E-state index in [1.165, 1.54) is 11.3 Å². The van der Waals surface area contributed by atoms with Crippen LogP contribution in [0.4, 0.5) is 0 Å². The van der Waals surface area contributed by atoms with E-state index in [9.17, 15) is 18.3 Å². The highest BCUT2D eigenvalue weighted by molar-refractivity contribution is 7.87. The van der Waals surface area contributed by atoms with Crippen LogP contribution in [0.1, 0.15) is 29.3 Å². The Morgan fingerprint density at radius 2 is 2.21 bits per heavy atom. The average molecular weight is 302 g/mol. The number of carboxylic acid groups (broad SMARTS) is 1. The monoisotopic (exact) mass is 302 g/mol. The number of nitrogens with zero attached hydrogens (tertiary/aromatic N) is 1. The first-order valence-corrected chi connectivity index (χ1v) is 8.39. The summed E-state index contributed by atoms with van der Waals surface area (Å²) in [6.07, 6.45) is 2.23. The molecule has 0 aromatic carbocycles. The van der Waals surface area contributed by atoms with Crippen molar-refractivity contribution in [1.29, 1.82) is 0 Å². The zero-order valence-electron chi connectivity index (χ0n) is 10.1. The minimum atomic E-state index is -3.73. The maximum atomic E-state index is 12.2. The van der Waals surface area contributed by atoms with Crippen molar-refractivity contribution >= 4 is 27.5 Å². The molecular weight excluding hydrogens is 288 g/mol. The van der Waals surface area contributed by atoms with E-state index in [0.29, 0.717) is 12.0 Å². The molecule has 0 radical (unpaired) electrons. The Morgan fingerprint density at radius 1 is 1.47 bits per heavy atom. The van der Waals surface area contributed by atoms with Crippen LogP contribution in [0.15, 0.2) is 11.4 Å². The summed E-state index contributed by atoms with van der Waals surface area (Å²) in [6, 6.07) is 0.576. The molecule has 2 aliphatic rings. The summed E-state index contributed by atoms with van der Waals surface area (Å²) in [4.78, 5) is 12.4. The molecule has 8 heteroatoms. The fourth-order valence-corrected chi connectivity index (χ4v) is 4.80. The van der Waals surface area contributed by atoms with Gasteiger partial charge in [-0.3, -0.25) is 4.79 Å². The number of fused-ring (bicyclic) bond motifs is 1. The second-order valence-corrected chi connectivity index (χ2v) is 7.45. The first-order valence-electron chi connectivity index (χ1n) is 6.07. The second kappa shape index (κ2) is 4.55. The number of hydrogen-bond acceptors (Lipinski definition) is 4. The lowest BCUT2D eigenvalue weighted by molar-refractivity contribution is -0.142. The van der Waals surface area contributed by atoms with Crippen molar-refractivity contribution in [2.24, 2.45) is 0 Å². The molecule has 3 rings (SSSR count). The molecule has 2 N–H and O–H groups in total. The van der Waals surface area contributed by atoms with Gasteiger partial charge >= 0.3 is 5.97 Å². The molecule has 1 aromatic rings. The van der Waals surface area contributed by atoms with Gasteiger partial charge in [-0.25, -0.2) is 0 Å². The number of carbonyl (C=O) groups is 1. The van der Waals surface area contributed by atoms with Crippen LogP contribution >= 0.6 is 11.3 Å². The molecule has 0 bridgehead atoms. The summed E-state index contributed by atoms with van der Waals surface area (Å²) < 4.78 is 28.1. The summed E-state index contributed by atoms with van der Waals surface area (Å²) in [5, 5.41) is 11.2. The average Bonchev–Trinajstić information content (AvgIpc) is 3.01. The maximum Gasteiger partial charge on any atom is 0.326 e. The van der Waals surface area contributed by atoms with Gasteiger partial charge in [0.25, 0.3) is 10.2 Å². The molecule has 0 saturated heterocycles. The lowest BCUT2D eigenvalue weighted by Gasteiger charge is -2.32. The van der Waals surface area contributed by atoms with Crippen molar-refractivity contribution in [2.75, 3.05) is 6.54 Å². The Bertz CT molecular complexity index is 606. The minimum Gasteiger partial charge on any atom is -0.480 e. The molecule has 104 valence electrons. The molecule has 1 fully saturated rings. The molecule has 2 heterocycles. The molecule has 1 aliphatic heterocycles. The van der Waals surface area contributed by atoms with Crippen LogP contribution < -0.4 is 4.72 Å². The fourth-order valence-electron chi connectivity index (χ4n) is 2.29. The van der Waals surface area contributed by atoms with Gasteiger partial charge in [-0.05, 0) is 36.3 Å². The summed E-state index contributed by atoms with van der Waals surface area (Å²) in [5.74, 6) is -1.12. The highest BCUT2D eigenvalue weighted by atomic mass is 32.2. The first-order chi connectivity index (χ1) is 8.99. The number of aliphatic carboxylic acids is 1. The molecule has 0 spiro atoms. The van der Waals surface area contributed by atoms with E-state index < -0.39 is 22.2 Å². The van der Waals surface area contributed by atoms with Crippen LogP contribution in [0.25, 0.3) is 0 Å². The van der Waals surface area contributed by atoms with E-state index in [-0.39, 0.29) is 12.6 Å². The number of thiophene rings is 1. The lowest BCUT2D eigenvalue weighted by atomic mass is 10.0. The zero-order chi connectivity index (χ0) is 13.6. The predicted molar refractivity (Wildman–Crippen MR) is 70.2 cm³/mol. The van der Waals surface area contributed by atoms with Gasteiger partial charge in [0.15, 0.2) is 0 Å². The lowest BCUT2D eigenvalue weighted by Crippen LogP contribution is -2.48. The number of hydrogen-bond donors (Lipinski definition) is 2. The highest BCUT2D eigenvalue weighted by Gasteiger charge is 2.42. The fraction of sp³-hybridized carbons (Fsp3) is 0.545. The van der Waals surface area contributed by atoms with Crippen LogP contribution in [0, 0.1) is 0 Å². The van der Waals surface area contributed by atoms with E-state index in [1.54, 1.807) is 6.07 Å². The normalized spacial score (nSPS) is 24.1. The third-order valence-electron chi connectivity index (χ3n) is 3.36. The van der Waals surface area contributed by atoms with Gasteiger partial charge in [0.1, 0.15) is 6.04 Å². The van der Waals surface area contributed by atoms with Crippen molar-refractivity contribution in [3.63, 3.8) is 0 Å². The van der Waals surface area contributed by atoms with Gasteiger partial charge in [-0.15, -0.1) is 11.3 Å². The number of rotatable bonds is 4. The van der Waals surface area contributed by atoms with E-state index in [4.69, 9.17) is 0 Å². The highest BCUT2D eigenvalue weighted by Crippen LogP contribution is 2.35. The molecule has 1 aliphatic carbocycles. The van der Waals surface area contributed by atoms with Gasteiger partial charge in [0, 0.05) is 17.5 Å². The van der Waals surface area contributed by atoms with E-state index in [1.807, 2.05) is 5.38 Å². The second-order valence-electron chi connectivity index (χ2n) is 4.80. The molecular formula is C11H14N2O4S2. The van der Waals surface area contributed by atoms with Crippen LogP contribution in [0.5, 0.6) is 0 Å². The van der Waals surface area contributed by atoms with Crippen molar-refractivity contribution in [3.05, 3.63) is 21.9 Å². The Labute approximate surface area is 115 Å². The van der Waals surface area contributed by atoms with Gasteiger partial charge in [-0.1, -0.05) is 0 Å². The molecule has 19 heavy (non-hydrogen) atoms. The van der Waals surface area contributed by atoms with Crippen molar-refractivity contribution in [2.45, 2.75) is 31.3 Å². The van der Waals surface area contributed by atoms with Crippen LogP contribution in [0.2, 0.25) is 0 Å². The predicted octanol–water partition coefficient (Wildman–Crippen LogP) is 0.729. The van der Waals surface area contributed by atoms with E-state index in [0.717, 1.165) is 22.0 Å². The van der Waals surface area contributed by atoms with Gasteiger partial charge in [-0.2, -0.15) is 17.4 Å². The summed E-state index contributed by atoms with van der Waals surface area (Å²) in [6.45, 7) is 0.215. The number of nitrogens with one attached hydrogen (secondary N) is 1. The minimum absolute atomic E-state index is 0.0247. The SMILES string of the molecule is O=C(O)C1c2ccsc2CCN1S(=O)(=O)NC1CC1. The molecule has 1 atom stereocenters. The number of carboxylic acids is 1. The largest absolute Gasteiger partial charge is 0.480 e. The summed E-state index contributed by atoms with van der Waals surface area (Å²) >= 11 is 1.48. The Hall–Kier alpha value is -0.960. The molecule has 0 amide bonds. The molecule has 1 aromatic heterocycles. The third kappa shape index (κ3) is 2.40. The van der Waals surface area contributed by atoms with Crippen molar-refractivity contribution < 1.29 is 18.3 Å². The van der Waals surface area contributed by atoms with Gasteiger partial charge < -0.3 is 5.11 Å². The Balaban J connectivity index is 1.95. The van der Waals surface area contributed by atoms with Gasteiger partial charge in [0.05, 0.1) is 0 Å². The smallest absolute Gasteiger partial charge is 0.326 e. The third-order valence-corrected chi connectivity index (χ3v) is 6.00. The summed E-state index contributed by atoms with van der Waals surface area (Å²) in [7, 11) is -3.73. The van der Waals surface area contributed by atoms with Crippen LogP contribution in [0.3, 0.4) is 0 Å². The van der Waals surface area contributed by atoms with E-state index >= 15 is 0 Å². The topological polar surface area (TPSA) is 86.7 Å².